The van der Waals surface area contributed by atoms with Crippen LogP contribution in [0.3, 0.4) is 0 Å². The second kappa shape index (κ2) is 7.80. The summed E-state index contributed by atoms with van der Waals surface area (Å²) in [6, 6.07) is 11.7. The third-order valence-corrected chi connectivity index (χ3v) is 4.28. The molecule has 0 bridgehead atoms. The Bertz CT molecular complexity index is 991. The molecule has 3 rings (SSSR count). The fraction of sp³-hybridized carbons (Fsp3) is 0.381. The molecular formula is C21H25ClN4O2. The first-order valence-electron chi connectivity index (χ1n) is 9.26. The van der Waals surface area contributed by atoms with Gasteiger partial charge in [0.2, 0.25) is 0 Å². The molecule has 148 valence electrons. The first-order valence-corrected chi connectivity index (χ1v) is 9.64. The van der Waals surface area contributed by atoms with E-state index in [-0.39, 0.29) is 11.1 Å². The molecule has 0 atom stereocenters. The molecule has 1 aromatic carbocycles. The molecule has 6 nitrogen and oxygen atoms in total. The lowest BCUT2D eigenvalue weighted by Crippen LogP contribution is -2.28. The lowest BCUT2D eigenvalue weighted by Gasteiger charge is -2.19. The Morgan fingerprint density at radius 3 is 2.54 bits per heavy atom. The van der Waals surface area contributed by atoms with Gasteiger partial charge in [-0.15, -0.1) is 0 Å². The van der Waals surface area contributed by atoms with Crippen LogP contribution in [0.15, 0.2) is 36.4 Å². The minimum absolute atomic E-state index is 0.191. The molecule has 1 amide bonds. The van der Waals surface area contributed by atoms with Crippen molar-refractivity contribution >= 4 is 29.2 Å². The minimum Gasteiger partial charge on any atom is -0.444 e. The highest BCUT2D eigenvalue weighted by Gasteiger charge is 2.22. The van der Waals surface area contributed by atoms with E-state index >= 15 is 0 Å². The number of hydrogen-bond donors (Lipinski definition) is 1. The standard InChI is InChI=1S/C21H25ClN4O2/c1-13(2)18-15(11-14-9-7-6-8-10-14)25-26-17(12-16(22)23-19(18)26)24-20(27)28-21(3,4)5/h6-10,12-13H,11H2,1-5H3,(H,24,27). The van der Waals surface area contributed by atoms with Crippen LogP contribution in [0.5, 0.6) is 0 Å². The largest absolute Gasteiger partial charge is 0.444 e. The van der Waals surface area contributed by atoms with Crippen LogP contribution in [0.1, 0.15) is 57.4 Å². The van der Waals surface area contributed by atoms with Gasteiger partial charge < -0.3 is 4.74 Å². The molecule has 0 radical (unpaired) electrons. The molecule has 0 aliphatic heterocycles. The summed E-state index contributed by atoms with van der Waals surface area (Å²) in [4.78, 5) is 16.7. The van der Waals surface area contributed by atoms with Crippen LogP contribution in [0, 0.1) is 0 Å². The summed E-state index contributed by atoms with van der Waals surface area (Å²) in [6.07, 6.45) is 0.101. The van der Waals surface area contributed by atoms with E-state index in [4.69, 9.17) is 21.4 Å². The molecule has 0 aliphatic rings. The van der Waals surface area contributed by atoms with Crippen LogP contribution in [0.2, 0.25) is 5.15 Å². The molecule has 2 aromatic heterocycles. The Hall–Kier alpha value is -2.60. The predicted molar refractivity (Wildman–Crippen MR) is 111 cm³/mol. The second-order valence-electron chi connectivity index (χ2n) is 8.00. The number of rotatable bonds is 4. The molecule has 0 saturated carbocycles. The SMILES string of the molecule is CC(C)c1c(Cc2ccccc2)nn2c(NC(=O)OC(C)(C)C)cc(Cl)nc12. The van der Waals surface area contributed by atoms with E-state index in [9.17, 15) is 4.79 Å². The van der Waals surface area contributed by atoms with Gasteiger partial charge in [-0.05, 0) is 32.3 Å². The Balaban J connectivity index is 2.06. The Morgan fingerprint density at radius 2 is 1.93 bits per heavy atom. The number of amides is 1. The van der Waals surface area contributed by atoms with Gasteiger partial charge in [0.25, 0.3) is 0 Å². The van der Waals surface area contributed by atoms with Crippen molar-refractivity contribution in [3.63, 3.8) is 0 Å². The molecule has 0 aliphatic carbocycles. The fourth-order valence-corrected chi connectivity index (χ4v) is 3.24. The van der Waals surface area contributed by atoms with E-state index in [1.807, 2.05) is 39.0 Å². The maximum atomic E-state index is 12.3. The van der Waals surface area contributed by atoms with Crippen molar-refractivity contribution in [3.8, 4) is 0 Å². The number of anilines is 1. The molecule has 1 N–H and O–H groups in total. The molecule has 7 heteroatoms. The number of carbonyl (C=O) groups is 1. The fourth-order valence-electron chi connectivity index (χ4n) is 3.06. The minimum atomic E-state index is -0.605. The van der Waals surface area contributed by atoms with Gasteiger partial charge in [0.15, 0.2) is 5.65 Å². The van der Waals surface area contributed by atoms with E-state index in [1.165, 1.54) is 0 Å². The number of aromatic nitrogens is 3. The number of nitrogens with one attached hydrogen (secondary N) is 1. The van der Waals surface area contributed by atoms with Gasteiger partial charge in [-0.2, -0.15) is 9.61 Å². The molecule has 3 aromatic rings. The van der Waals surface area contributed by atoms with Gasteiger partial charge in [-0.1, -0.05) is 55.8 Å². The van der Waals surface area contributed by atoms with E-state index in [0.29, 0.717) is 17.9 Å². The van der Waals surface area contributed by atoms with Gasteiger partial charge >= 0.3 is 6.09 Å². The molecule has 0 spiro atoms. The van der Waals surface area contributed by atoms with Crippen molar-refractivity contribution in [3.05, 3.63) is 58.4 Å². The van der Waals surface area contributed by atoms with E-state index in [0.717, 1.165) is 16.8 Å². The lowest BCUT2D eigenvalue weighted by molar-refractivity contribution is 0.0635. The van der Waals surface area contributed by atoms with Gasteiger partial charge in [0.05, 0.1) is 5.69 Å². The van der Waals surface area contributed by atoms with Gasteiger partial charge in [-0.25, -0.2) is 9.78 Å². The van der Waals surface area contributed by atoms with E-state index < -0.39 is 11.7 Å². The molecule has 2 heterocycles. The number of ether oxygens (including phenoxy) is 1. The van der Waals surface area contributed by atoms with Crippen LogP contribution >= 0.6 is 11.6 Å². The predicted octanol–water partition coefficient (Wildman–Crippen LogP) is 5.44. The van der Waals surface area contributed by atoms with Crippen molar-refractivity contribution < 1.29 is 9.53 Å². The Morgan fingerprint density at radius 1 is 1.25 bits per heavy atom. The molecule has 28 heavy (non-hydrogen) atoms. The third-order valence-electron chi connectivity index (χ3n) is 4.09. The van der Waals surface area contributed by atoms with Gasteiger partial charge in [-0.3, -0.25) is 5.32 Å². The third kappa shape index (κ3) is 4.62. The highest BCUT2D eigenvalue weighted by molar-refractivity contribution is 6.29. The number of benzene rings is 1. The summed E-state index contributed by atoms with van der Waals surface area (Å²) in [6.45, 7) is 9.61. The summed E-state index contributed by atoms with van der Waals surface area (Å²) in [5, 5.41) is 7.77. The number of hydrogen-bond acceptors (Lipinski definition) is 4. The number of halogens is 1. The molecule has 0 saturated heterocycles. The highest BCUT2D eigenvalue weighted by atomic mass is 35.5. The first-order chi connectivity index (χ1) is 13.1. The van der Waals surface area contributed by atoms with Crippen molar-refractivity contribution in [1.29, 1.82) is 0 Å². The van der Waals surface area contributed by atoms with Crippen molar-refractivity contribution in [1.82, 2.24) is 14.6 Å². The summed E-state index contributed by atoms with van der Waals surface area (Å²) in [7, 11) is 0. The first kappa shape index (κ1) is 20.1. The maximum absolute atomic E-state index is 12.3. The Kier molecular flexibility index (Phi) is 5.61. The number of carbonyl (C=O) groups excluding carboxylic acids is 1. The van der Waals surface area contributed by atoms with Crippen molar-refractivity contribution in [2.45, 2.75) is 52.6 Å². The quantitative estimate of drug-likeness (QED) is 0.591. The van der Waals surface area contributed by atoms with Gasteiger partial charge in [0.1, 0.15) is 16.6 Å². The summed E-state index contributed by atoms with van der Waals surface area (Å²) in [5.41, 5.74) is 3.10. The Labute approximate surface area is 169 Å². The van der Waals surface area contributed by atoms with Gasteiger partial charge in [0, 0.05) is 18.1 Å². The average molecular weight is 401 g/mol. The average Bonchev–Trinajstić information content (AvgIpc) is 2.92. The lowest BCUT2D eigenvalue weighted by atomic mass is 9.99. The summed E-state index contributed by atoms with van der Waals surface area (Å²) >= 11 is 6.24. The van der Waals surface area contributed by atoms with Crippen LogP contribution in [-0.2, 0) is 11.2 Å². The maximum Gasteiger partial charge on any atom is 0.413 e. The normalized spacial score (nSPS) is 11.8. The molecule has 0 fully saturated rings. The van der Waals surface area contributed by atoms with Crippen LogP contribution < -0.4 is 5.32 Å². The van der Waals surface area contributed by atoms with E-state index in [1.54, 1.807) is 10.6 Å². The van der Waals surface area contributed by atoms with Crippen molar-refractivity contribution in [2.24, 2.45) is 0 Å². The zero-order valence-corrected chi connectivity index (χ0v) is 17.5. The zero-order chi connectivity index (χ0) is 20.5. The monoisotopic (exact) mass is 400 g/mol. The highest BCUT2D eigenvalue weighted by Crippen LogP contribution is 2.29. The summed E-state index contributed by atoms with van der Waals surface area (Å²) in [5.74, 6) is 0.613. The number of nitrogens with zero attached hydrogens (tertiary/aromatic N) is 3. The summed E-state index contributed by atoms with van der Waals surface area (Å²) < 4.78 is 6.98. The van der Waals surface area contributed by atoms with Crippen LogP contribution in [0.4, 0.5) is 10.6 Å². The van der Waals surface area contributed by atoms with Crippen molar-refractivity contribution in [2.75, 3.05) is 5.32 Å². The second-order valence-corrected chi connectivity index (χ2v) is 8.39. The molecular weight excluding hydrogens is 376 g/mol. The molecule has 0 unspecified atom stereocenters. The number of fused-ring (bicyclic) bond motifs is 1. The van der Waals surface area contributed by atoms with Crippen LogP contribution in [-0.4, -0.2) is 26.3 Å². The topological polar surface area (TPSA) is 68.5 Å². The zero-order valence-electron chi connectivity index (χ0n) is 16.8. The van der Waals surface area contributed by atoms with Crippen LogP contribution in [0.25, 0.3) is 5.65 Å². The van der Waals surface area contributed by atoms with E-state index in [2.05, 4.69) is 36.3 Å². The smallest absolute Gasteiger partial charge is 0.413 e.